The van der Waals surface area contributed by atoms with E-state index in [-0.39, 0.29) is 24.2 Å². The van der Waals surface area contributed by atoms with Crippen LogP contribution >= 0.6 is 11.6 Å². The summed E-state index contributed by atoms with van der Waals surface area (Å²) in [6, 6.07) is 11.0. The fourth-order valence-corrected chi connectivity index (χ4v) is 3.52. The zero-order valence-corrected chi connectivity index (χ0v) is 18.2. The normalized spacial score (nSPS) is 15.8. The first-order chi connectivity index (χ1) is 15.0. The first-order valence-electron chi connectivity index (χ1n) is 10.3. The second-order valence-corrected chi connectivity index (χ2v) is 7.81. The highest BCUT2D eigenvalue weighted by atomic mass is 35.5. The number of carbonyl (C=O) groups is 2. The SMILES string of the molecule is CN1CCCCN(C(=O)COc2ccccc2F)CCCOc2ccc(Cl)cc2C1=O. The van der Waals surface area contributed by atoms with Gasteiger partial charge < -0.3 is 19.3 Å². The van der Waals surface area contributed by atoms with Crippen LogP contribution in [0.2, 0.25) is 5.02 Å². The number of benzene rings is 2. The van der Waals surface area contributed by atoms with Crippen molar-refractivity contribution in [2.45, 2.75) is 19.3 Å². The molecule has 31 heavy (non-hydrogen) atoms. The maximum Gasteiger partial charge on any atom is 0.260 e. The maximum atomic E-state index is 13.7. The largest absolute Gasteiger partial charge is 0.493 e. The molecule has 0 bridgehead atoms. The molecule has 0 radical (unpaired) electrons. The monoisotopic (exact) mass is 448 g/mol. The number of hydrogen-bond donors (Lipinski definition) is 0. The van der Waals surface area contributed by atoms with E-state index in [1.165, 1.54) is 12.1 Å². The molecule has 2 amide bonds. The van der Waals surface area contributed by atoms with Crippen LogP contribution in [0, 0.1) is 5.82 Å². The standard InChI is InChI=1S/C23H26ClFN2O4/c1-26-11-4-5-12-27(22(28)16-31-21-8-3-2-7-19(21)25)13-6-14-30-20-10-9-17(24)15-18(20)23(26)29/h2-3,7-10,15H,4-6,11-14,16H2,1H3. The number of amides is 2. The van der Waals surface area contributed by atoms with E-state index in [9.17, 15) is 14.0 Å². The molecular weight excluding hydrogens is 423 g/mol. The van der Waals surface area contributed by atoms with Crippen molar-refractivity contribution in [3.8, 4) is 11.5 Å². The van der Waals surface area contributed by atoms with Gasteiger partial charge in [-0.15, -0.1) is 0 Å². The van der Waals surface area contributed by atoms with Crippen LogP contribution in [-0.4, -0.2) is 61.5 Å². The maximum absolute atomic E-state index is 13.7. The molecule has 0 aliphatic carbocycles. The average molecular weight is 449 g/mol. The molecule has 0 fully saturated rings. The number of hydrogen-bond acceptors (Lipinski definition) is 4. The number of fused-ring (bicyclic) bond motifs is 1. The van der Waals surface area contributed by atoms with Gasteiger partial charge in [-0.3, -0.25) is 9.59 Å². The number of para-hydroxylation sites is 1. The molecule has 2 aromatic carbocycles. The Bertz CT molecular complexity index is 924. The van der Waals surface area contributed by atoms with Crippen LogP contribution in [0.5, 0.6) is 11.5 Å². The Labute approximate surface area is 186 Å². The fraction of sp³-hybridized carbons (Fsp3) is 0.391. The summed E-state index contributed by atoms with van der Waals surface area (Å²) in [5, 5.41) is 0.472. The molecule has 0 atom stereocenters. The molecule has 0 N–H and O–H groups in total. The summed E-state index contributed by atoms with van der Waals surface area (Å²) in [6.45, 7) is 1.65. The summed E-state index contributed by atoms with van der Waals surface area (Å²) in [4.78, 5) is 28.8. The summed E-state index contributed by atoms with van der Waals surface area (Å²) >= 11 is 6.07. The van der Waals surface area contributed by atoms with Crippen molar-refractivity contribution < 1.29 is 23.5 Å². The van der Waals surface area contributed by atoms with Gasteiger partial charge in [0.1, 0.15) is 5.75 Å². The van der Waals surface area contributed by atoms with Gasteiger partial charge in [0.25, 0.3) is 11.8 Å². The van der Waals surface area contributed by atoms with Crippen LogP contribution in [0.4, 0.5) is 4.39 Å². The Balaban J connectivity index is 1.65. The third-order valence-corrected chi connectivity index (χ3v) is 5.30. The minimum atomic E-state index is -0.500. The van der Waals surface area contributed by atoms with E-state index in [1.54, 1.807) is 47.2 Å². The van der Waals surface area contributed by atoms with Crippen molar-refractivity contribution in [1.82, 2.24) is 9.80 Å². The molecule has 3 rings (SSSR count). The molecule has 2 aromatic rings. The lowest BCUT2D eigenvalue weighted by Crippen LogP contribution is -2.37. The first kappa shape index (κ1) is 22.9. The van der Waals surface area contributed by atoms with Crippen LogP contribution in [0.1, 0.15) is 29.6 Å². The molecule has 0 spiro atoms. The Morgan fingerprint density at radius 3 is 2.68 bits per heavy atom. The number of nitrogens with zero attached hydrogens (tertiary/aromatic N) is 2. The van der Waals surface area contributed by atoms with Crippen molar-refractivity contribution >= 4 is 23.4 Å². The highest BCUT2D eigenvalue weighted by Crippen LogP contribution is 2.25. The number of carbonyl (C=O) groups excluding carboxylic acids is 2. The minimum absolute atomic E-state index is 0.0560. The van der Waals surface area contributed by atoms with Crippen LogP contribution in [-0.2, 0) is 4.79 Å². The molecule has 1 aliphatic rings. The van der Waals surface area contributed by atoms with Crippen molar-refractivity contribution in [2.24, 2.45) is 0 Å². The highest BCUT2D eigenvalue weighted by Gasteiger charge is 2.20. The van der Waals surface area contributed by atoms with Crippen LogP contribution in [0.25, 0.3) is 0 Å². The molecule has 0 saturated carbocycles. The first-order valence-corrected chi connectivity index (χ1v) is 10.7. The predicted molar refractivity (Wildman–Crippen MR) is 116 cm³/mol. The summed E-state index contributed by atoms with van der Waals surface area (Å²) in [7, 11) is 1.73. The number of rotatable bonds is 3. The van der Waals surface area contributed by atoms with Crippen LogP contribution in [0.15, 0.2) is 42.5 Å². The third kappa shape index (κ3) is 6.34. The van der Waals surface area contributed by atoms with E-state index in [1.807, 2.05) is 0 Å². The van der Waals surface area contributed by atoms with E-state index in [0.717, 1.165) is 12.8 Å². The van der Waals surface area contributed by atoms with E-state index in [2.05, 4.69) is 0 Å². The van der Waals surface area contributed by atoms with E-state index >= 15 is 0 Å². The molecule has 166 valence electrons. The Kier molecular flexibility index (Phi) is 8.12. The number of halogens is 2. The van der Waals surface area contributed by atoms with Crippen LogP contribution < -0.4 is 9.47 Å². The number of ether oxygens (including phenoxy) is 2. The van der Waals surface area contributed by atoms with Crippen LogP contribution in [0.3, 0.4) is 0 Å². The minimum Gasteiger partial charge on any atom is -0.493 e. The van der Waals surface area contributed by atoms with Gasteiger partial charge in [-0.25, -0.2) is 4.39 Å². The Morgan fingerprint density at radius 2 is 1.87 bits per heavy atom. The molecule has 0 unspecified atom stereocenters. The van der Waals surface area contributed by atoms with Gasteiger partial charge in [0, 0.05) is 31.7 Å². The van der Waals surface area contributed by atoms with Crippen molar-refractivity contribution in [3.05, 3.63) is 58.9 Å². The molecule has 1 aliphatic heterocycles. The highest BCUT2D eigenvalue weighted by molar-refractivity contribution is 6.31. The van der Waals surface area contributed by atoms with Crippen molar-refractivity contribution in [3.63, 3.8) is 0 Å². The summed E-state index contributed by atoms with van der Waals surface area (Å²) in [5.74, 6) is -0.334. The van der Waals surface area contributed by atoms with Gasteiger partial charge in [0.05, 0.1) is 12.2 Å². The van der Waals surface area contributed by atoms with Gasteiger partial charge in [0.15, 0.2) is 18.2 Å². The lowest BCUT2D eigenvalue weighted by Gasteiger charge is -2.23. The predicted octanol–water partition coefficient (Wildman–Crippen LogP) is 4.02. The lowest BCUT2D eigenvalue weighted by atomic mass is 10.1. The third-order valence-electron chi connectivity index (χ3n) is 5.06. The van der Waals surface area contributed by atoms with E-state index in [0.29, 0.717) is 49.0 Å². The molecule has 6 nitrogen and oxygen atoms in total. The molecule has 1 heterocycles. The summed E-state index contributed by atoms with van der Waals surface area (Å²) in [5.41, 5.74) is 0.431. The van der Waals surface area contributed by atoms with Crippen molar-refractivity contribution in [1.29, 1.82) is 0 Å². The molecular formula is C23H26ClFN2O4. The zero-order chi connectivity index (χ0) is 22.2. The van der Waals surface area contributed by atoms with E-state index in [4.69, 9.17) is 21.1 Å². The molecule has 8 heteroatoms. The summed E-state index contributed by atoms with van der Waals surface area (Å²) in [6.07, 6.45) is 2.04. The molecule has 0 aromatic heterocycles. The second-order valence-electron chi connectivity index (χ2n) is 7.38. The molecule has 0 saturated heterocycles. The van der Waals surface area contributed by atoms with Gasteiger partial charge >= 0.3 is 0 Å². The average Bonchev–Trinajstić information content (AvgIpc) is 2.77. The smallest absolute Gasteiger partial charge is 0.260 e. The fourth-order valence-electron chi connectivity index (χ4n) is 3.35. The topological polar surface area (TPSA) is 59.1 Å². The Morgan fingerprint density at radius 1 is 1.13 bits per heavy atom. The zero-order valence-electron chi connectivity index (χ0n) is 17.5. The van der Waals surface area contributed by atoms with Crippen molar-refractivity contribution in [2.75, 3.05) is 39.9 Å². The van der Waals surface area contributed by atoms with E-state index < -0.39 is 5.82 Å². The van der Waals surface area contributed by atoms with Gasteiger partial charge in [-0.2, -0.15) is 0 Å². The quantitative estimate of drug-likeness (QED) is 0.711. The second kappa shape index (κ2) is 11.0. The van der Waals surface area contributed by atoms with Gasteiger partial charge in [-0.1, -0.05) is 23.7 Å². The Hall–Kier alpha value is -2.80. The van der Waals surface area contributed by atoms with Gasteiger partial charge in [-0.05, 0) is 49.6 Å². The summed E-state index contributed by atoms with van der Waals surface area (Å²) < 4.78 is 24.9. The lowest BCUT2D eigenvalue weighted by molar-refractivity contribution is -0.133. The van der Waals surface area contributed by atoms with Gasteiger partial charge in [0.2, 0.25) is 0 Å².